The molecule has 6 heteroatoms. The van der Waals surface area contributed by atoms with Crippen LogP contribution in [-0.2, 0) is 16.0 Å². The maximum Gasteiger partial charge on any atom is 0.137 e. The average Bonchev–Trinajstić information content (AvgIpc) is 2.69. The van der Waals surface area contributed by atoms with Gasteiger partial charge in [-0.15, -0.1) is 11.8 Å². The van der Waals surface area contributed by atoms with Crippen molar-refractivity contribution in [1.29, 1.82) is 0 Å². The molecule has 0 N–H and O–H groups in total. The molecule has 0 amide bonds. The molecular formula is C21H27NO3PS-. The minimum absolute atomic E-state index is 0.0118. The number of carbonyl (C=O) groups is 2. The third-order valence-electron chi connectivity index (χ3n) is 4.92. The van der Waals surface area contributed by atoms with Crippen molar-refractivity contribution in [2.75, 3.05) is 5.75 Å². The van der Waals surface area contributed by atoms with E-state index >= 15 is 0 Å². The molecule has 1 aromatic rings. The molecule has 0 saturated carbocycles. The van der Waals surface area contributed by atoms with Crippen LogP contribution in [0.5, 0.6) is 0 Å². The lowest BCUT2D eigenvalue weighted by atomic mass is 9.83. The quantitative estimate of drug-likeness (QED) is 0.438. The van der Waals surface area contributed by atoms with E-state index in [1.54, 1.807) is 11.8 Å². The fourth-order valence-electron chi connectivity index (χ4n) is 3.20. The van der Waals surface area contributed by atoms with E-state index in [0.717, 1.165) is 12.0 Å². The number of rotatable bonds is 3. The molecule has 0 spiro atoms. The molecule has 146 valence electrons. The predicted molar refractivity (Wildman–Crippen MR) is 114 cm³/mol. The number of carbonyl (C=O) groups excluding carboxylic acids is 2. The Morgan fingerprint density at radius 2 is 1.96 bits per heavy atom. The van der Waals surface area contributed by atoms with Gasteiger partial charge >= 0.3 is 0 Å². The van der Waals surface area contributed by atoms with Gasteiger partial charge in [-0.05, 0) is 51.4 Å². The Kier molecular flexibility index (Phi) is 9.23. The average molecular weight is 404 g/mol. The summed E-state index contributed by atoms with van der Waals surface area (Å²) in [5, 5.41) is 14.1. The Morgan fingerprint density at radius 1 is 1.22 bits per heavy atom. The third-order valence-corrected chi connectivity index (χ3v) is 6.25. The first kappa shape index (κ1) is 21.8. The summed E-state index contributed by atoms with van der Waals surface area (Å²) in [5.41, 5.74) is 1.04. The molecule has 1 heterocycles. The standard InChI is InChI=1S/C21H28NO3PS/c1-15-14-27-10-6-5-9-17(21(25)22-26)12-20(24)18(13-19(15)23)11-16-7-3-2-4-8-16/h2-4,6-8,10,15,17-18H,5,9,11-14,26H2,1H3,(H,22,25)/p-1/b10-6-. The van der Waals surface area contributed by atoms with Crippen molar-refractivity contribution in [3.63, 3.8) is 0 Å². The largest absolute Gasteiger partial charge is 0.862 e. The van der Waals surface area contributed by atoms with E-state index < -0.39 is 5.92 Å². The van der Waals surface area contributed by atoms with E-state index in [-0.39, 0.29) is 42.1 Å². The zero-order chi connectivity index (χ0) is 19.6. The highest BCUT2D eigenvalue weighted by Crippen LogP contribution is 2.24. The summed E-state index contributed by atoms with van der Waals surface area (Å²) in [4.78, 5) is 25.7. The molecule has 0 radical (unpaired) electrons. The predicted octanol–water partition coefficient (Wildman–Crippen LogP) is 3.61. The molecule has 0 fully saturated rings. The topological polar surface area (TPSA) is 69.6 Å². The highest BCUT2D eigenvalue weighted by Gasteiger charge is 2.27. The first-order chi connectivity index (χ1) is 13.0. The van der Waals surface area contributed by atoms with E-state index in [1.165, 1.54) is 0 Å². The maximum absolute atomic E-state index is 13.0. The lowest BCUT2D eigenvalue weighted by molar-refractivity contribution is -0.223. The minimum Gasteiger partial charge on any atom is -0.862 e. The molecule has 4 nitrogen and oxygen atoms in total. The Morgan fingerprint density at radius 3 is 2.67 bits per heavy atom. The van der Waals surface area contributed by atoms with Crippen LogP contribution in [-0.4, -0.2) is 23.2 Å². The van der Waals surface area contributed by atoms with Crippen molar-refractivity contribution in [3.8, 4) is 0 Å². The van der Waals surface area contributed by atoms with Crippen LogP contribution in [0.4, 0.5) is 0 Å². The molecule has 0 aromatic heterocycles. The third kappa shape index (κ3) is 7.23. The first-order valence-corrected chi connectivity index (χ1v) is 10.9. The van der Waals surface area contributed by atoms with E-state index in [2.05, 4.69) is 14.2 Å². The van der Waals surface area contributed by atoms with Gasteiger partial charge in [-0.3, -0.25) is 14.4 Å². The van der Waals surface area contributed by atoms with E-state index in [0.29, 0.717) is 18.6 Å². The molecule has 1 aliphatic heterocycles. The van der Waals surface area contributed by atoms with Crippen LogP contribution in [0.3, 0.4) is 0 Å². The molecule has 0 saturated heterocycles. The number of hydrogen-bond acceptors (Lipinski definition) is 5. The second-order valence-corrected chi connectivity index (χ2v) is 8.27. The van der Waals surface area contributed by atoms with Crippen LogP contribution < -0.4 is 5.11 Å². The SMILES string of the molecule is CC1CS/C=C\CCC(C([O-])=NP)CC(=O)C(Cc2ccccc2)CC1=O. The van der Waals surface area contributed by atoms with Crippen LogP contribution in [0.25, 0.3) is 0 Å². The van der Waals surface area contributed by atoms with Gasteiger partial charge in [0.05, 0.1) is 0 Å². The molecule has 1 aliphatic rings. The number of nitrogens with zero attached hydrogens (tertiary/aromatic N) is 1. The number of allylic oxidation sites excluding steroid dienone is 1. The van der Waals surface area contributed by atoms with Crippen LogP contribution >= 0.6 is 21.2 Å². The zero-order valence-electron chi connectivity index (χ0n) is 15.7. The normalized spacial score (nSPS) is 27.3. The van der Waals surface area contributed by atoms with Gasteiger partial charge in [0.2, 0.25) is 0 Å². The van der Waals surface area contributed by atoms with Crippen LogP contribution in [0.1, 0.15) is 38.2 Å². The summed E-state index contributed by atoms with van der Waals surface area (Å²) in [6.07, 6.45) is 4.25. The Hall–Kier alpha value is -1.45. The number of benzene rings is 1. The van der Waals surface area contributed by atoms with E-state index in [1.807, 2.05) is 48.7 Å². The Labute approximate surface area is 168 Å². The highest BCUT2D eigenvalue weighted by atomic mass is 32.2. The van der Waals surface area contributed by atoms with Crippen molar-refractivity contribution >= 4 is 38.6 Å². The summed E-state index contributed by atoms with van der Waals surface area (Å²) in [5.74, 6) is -0.346. The first-order valence-electron chi connectivity index (χ1n) is 9.32. The summed E-state index contributed by atoms with van der Waals surface area (Å²) in [7, 11) is 2.09. The molecular weight excluding hydrogens is 377 g/mol. The molecule has 4 unspecified atom stereocenters. The van der Waals surface area contributed by atoms with Crippen LogP contribution in [0.2, 0.25) is 0 Å². The van der Waals surface area contributed by atoms with Gasteiger partial charge < -0.3 is 5.11 Å². The van der Waals surface area contributed by atoms with Crippen LogP contribution in [0, 0.1) is 17.8 Å². The van der Waals surface area contributed by atoms with Crippen molar-refractivity contribution in [1.82, 2.24) is 0 Å². The Balaban J connectivity index is 2.23. The van der Waals surface area contributed by atoms with Crippen molar-refractivity contribution in [2.45, 2.75) is 39.0 Å². The van der Waals surface area contributed by atoms with Crippen molar-refractivity contribution in [3.05, 3.63) is 47.4 Å². The number of Topliss-reactive ketones (excluding diaryl/α,β-unsaturated/α-hetero) is 2. The minimum atomic E-state index is -0.420. The monoisotopic (exact) mass is 404 g/mol. The lowest BCUT2D eigenvalue weighted by Crippen LogP contribution is -2.32. The van der Waals surface area contributed by atoms with Crippen molar-refractivity contribution < 1.29 is 14.7 Å². The lowest BCUT2D eigenvalue weighted by Gasteiger charge is -2.24. The maximum atomic E-state index is 13.0. The molecule has 2 rings (SSSR count). The summed E-state index contributed by atoms with van der Waals surface area (Å²) >= 11 is 1.61. The fourth-order valence-corrected chi connectivity index (χ4v) is 4.27. The van der Waals surface area contributed by atoms with Crippen molar-refractivity contribution in [2.24, 2.45) is 22.5 Å². The molecule has 1 aromatic carbocycles. The van der Waals surface area contributed by atoms with Gasteiger partial charge in [-0.1, -0.05) is 43.3 Å². The summed E-state index contributed by atoms with van der Waals surface area (Å²) < 4.78 is 3.70. The van der Waals surface area contributed by atoms with Gasteiger partial charge in [0.1, 0.15) is 11.6 Å². The smallest absolute Gasteiger partial charge is 0.137 e. The van der Waals surface area contributed by atoms with Gasteiger partial charge in [-0.2, -0.15) is 0 Å². The fraction of sp³-hybridized carbons (Fsp3) is 0.476. The second kappa shape index (κ2) is 11.4. The van der Waals surface area contributed by atoms with Gasteiger partial charge in [-0.25, -0.2) is 0 Å². The molecule has 4 atom stereocenters. The zero-order valence-corrected chi connectivity index (χ0v) is 17.6. The molecule has 0 aliphatic carbocycles. The van der Waals surface area contributed by atoms with Crippen LogP contribution in [0.15, 0.2) is 46.6 Å². The summed E-state index contributed by atoms with van der Waals surface area (Å²) in [6.45, 7) is 1.92. The highest BCUT2D eigenvalue weighted by molar-refractivity contribution is 8.02. The molecule has 0 bridgehead atoms. The van der Waals surface area contributed by atoms with Gasteiger partial charge in [0.25, 0.3) is 0 Å². The number of hydrogen-bond donors (Lipinski definition) is 0. The molecule has 27 heavy (non-hydrogen) atoms. The number of thioether (sulfide) groups is 1. The summed E-state index contributed by atoms with van der Waals surface area (Å²) in [6, 6.07) is 9.76. The second-order valence-electron chi connectivity index (χ2n) is 7.08. The number of ketones is 2. The van der Waals surface area contributed by atoms with Gasteiger partial charge in [0, 0.05) is 30.4 Å². The van der Waals surface area contributed by atoms with Gasteiger partial charge in [0.15, 0.2) is 0 Å². The van der Waals surface area contributed by atoms with E-state index in [9.17, 15) is 14.7 Å². The Bertz CT molecular complexity index is 690. The van der Waals surface area contributed by atoms with E-state index in [4.69, 9.17) is 0 Å².